The van der Waals surface area contributed by atoms with E-state index in [1.165, 1.54) is 0 Å². The third kappa shape index (κ3) is 2.68. The summed E-state index contributed by atoms with van der Waals surface area (Å²) in [5.41, 5.74) is 1.98. The topological polar surface area (TPSA) is 68.1 Å². The molecule has 5 nitrogen and oxygen atoms in total. The Morgan fingerprint density at radius 1 is 1.50 bits per heavy atom. The maximum atomic E-state index is 11.5. The molecule has 2 rings (SSSR count). The molecule has 0 spiro atoms. The summed E-state index contributed by atoms with van der Waals surface area (Å²) in [6.07, 6.45) is 0.325. The van der Waals surface area contributed by atoms with E-state index in [1.54, 1.807) is 38.1 Å². The second-order valence-electron chi connectivity index (χ2n) is 4.28. The summed E-state index contributed by atoms with van der Waals surface area (Å²) < 4.78 is 4.89. The van der Waals surface area contributed by atoms with E-state index in [0.29, 0.717) is 24.3 Å². The summed E-state index contributed by atoms with van der Waals surface area (Å²) in [7, 11) is 0. The van der Waals surface area contributed by atoms with E-state index < -0.39 is 5.79 Å². The van der Waals surface area contributed by atoms with Crippen LogP contribution >= 0.6 is 0 Å². The van der Waals surface area contributed by atoms with Crippen LogP contribution in [0.1, 0.15) is 36.2 Å². The molecular weight excluding hydrogens is 234 g/mol. The molecule has 1 heterocycles. The quantitative estimate of drug-likeness (QED) is 0.828. The number of carbonyl (C=O) groups excluding carboxylic acids is 1. The largest absolute Gasteiger partial charge is 0.462 e. The summed E-state index contributed by atoms with van der Waals surface area (Å²) in [4.78, 5) is 16.3. The van der Waals surface area contributed by atoms with Gasteiger partial charge in [-0.05, 0) is 24.6 Å². The fourth-order valence-corrected chi connectivity index (χ4v) is 1.70. The Labute approximate surface area is 105 Å². The second-order valence-corrected chi connectivity index (χ2v) is 4.28. The van der Waals surface area contributed by atoms with Gasteiger partial charge in [-0.15, -0.1) is 0 Å². The zero-order chi connectivity index (χ0) is 13.2. The Bertz CT molecular complexity index is 476. The summed E-state index contributed by atoms with van der Waals surface area (Å²) in [6.45, 7) is 3.67. The minimum absolute atomic E-state index is 0.325. The predicted molar refractivity (Wildman–Crippen MR) is 65.3 cm³/mol. The van der Waals surface area contributed by atoms with E-state index in [1.807, 2.05) is 0 Å². The molecule has 0 aliphatic carbocycles. The monoisotopic (exact) mass is 249 g/mol. The van der Waals surface area contributed by atoms with Gasteiger partial charge in [-0.25, -0.2) is 4.79 Å². The van der Waals surface area contributed by atoms with Gasteiger partial charge < -0.3 is 14.7 Å². The molecule has 1 atom stereocenters. The van der Waals surface area contributed by atoms with Crippen molar-refractivity contribution in [2.24, 2.45) is 5.16 Å². The van der Waals surface area contributed by atoms with Crippen LogP contribution in [0.5, 0.6) is 0 Å². The lowest BCUT2D eigenvalue weighted by Crippen LogP contribution is -2.23. The van der Waals surface area contributed by atoms with Gasteiger partial charge >= 0.3 is 5.97 Å². The highest BCUT2D eigenvalue weighted by Crippen LogP contribution is 2.23. The molecule has 0 saturated carbocycles. The average molecular weight is 249 g/mol. The fraction of sp³-hybridized carbons (Fsp3) is 0.385. The number of hydrogen-bond donors (Lipinski definition) is 1. The molecule has 0 aromatic heterocycles. The molecule has 0 radical (unpaired) electrons. The minimum atomic E-state index is -1.24. The van der Waals surface area contributed by atoms with E-state index in [2.05, 4.69) is 5.16 Å². The first-order chi connectivity index (χ1) is 8.52. The van der Waals surface area contributed by atoms with E-state index in [-0.39, 0.29) is 5.97 Å². The lowest BCUT2D eigenvalue weighted by atomic mass is 10.0. The van der Waals surface area contributed by atoms with Gasteiger partial charge in [-0.2, -0.15) is 0 Å². The van der Waals surface area contributed by atoms with Gasteiger partial charge in [0, 0.05) is 6.92 Å². The molecule has 96 valence electrons. The summed E-state index contributed by atoms with van der Waals surface area (Å²) in [5, 5.41) is 13.4. The maximum absolute atomic E-state index is 11.5. The molecule has 1 aromatic rings. The Hall–Kier alpha value is -1.88. The van der Waals surface area contributed by atoms with E-state index in [0.717, 1.165) is 5.56 Å². The number of aliphatic hydroxyl groups is 1. The maximum Gasteiger partial charge on any atom is 0.338 e. The smallest absolute Gasteiger partial charge is 0.338 e. The molecule has 1 aliphatic heterocycles. The number of nitrogens with zero attached hydrogens (tertiary/aromatic N) is 1. The van der Waals surface area contributed by atoms with Crippen LogP contribution in [0.4, 0.5) is 0 Å². The number of ether oxygens (including phenoxy) is 1. The highest BCUT2D eigenvalue weighted by atomic mass is 16.7. The standard InChI is InChI=1S/C13H15NO4/c1-3-17-12(15)10-6-4-9(5-7-10)11-8-13(2,16)18-14-11/h4-7,16H,3,8H2,1-2H3. The van der Waals surface area contributed by atoms with E-state index in [9.17, 15) is 9.90 Å². The SMILES string of the molecule is CCOC(=O)c1ccc(C2=NOC(C)(O)C2)cc1. The molecule has 0 bridgehead atoms. The highest BCUT2D eigenvalue weighted by molar-refractivity contribution is 6.02. The Morgan fingerprint density at radius 2 is 2.17 bits per heavy atom. The molecule has 1 N–H and O–H groups in total. The number of hydrogen-bond acceptors (Lipinski definition) is 5. The molecule has 0 saturated heterocycles. The summed E-state index contributed by atoms with van der Waals surface area (Å²) >= 11 is 0. The van der Waals surface area contributed by atoms with Crippen molar-refractivity contribution in [1.82, 2.24) is 0 Å². The first-order valence-electron chi connectivity index (χ1n) is 5.77. The van der Waals surface area contributed by atoms with Gasteiger partial charge in [0.15, 0.2) is 0 Å². The molecule has 1 aromatic carbocycles. The van der Waals surface area contributed by atoms with Crippen LogP contribution in [0, 0.1) is 0 Å². The molecule has 18 heavy (non-hydrogen) atoms. The molecule has 0 amide bonds. The number of carbonyl (C=O) groups is 1. The number of benzene rings is 1. The van der Waals surface area contributed by atoms with Crippen molar-refractivity contribution in [3.63, 3.8) is 0 Å². The first-order valence-corrected chi connectivity index (χ1v) is 5.77. The molecular formula is C13H15NO4. The van der Waals surface area contributed by atoms with Crippen molar-refractivity contribution in [3.05, 3.63) is 35.4 Å². The second kappa shape index (κ2) is 4.78. The van der Waals surface area contributed by atoms with Crippen molar-refractivity contribution in [1.29, 1.82) is 0 Å². The van der Waals surface area contributed by atoms with Crippen molar-refractivity contribution in [2.45, 2.75) is 26.1 Å². The van der Waals surface area contributed by atoms with E-state index >= 15 is 0 Å². The van der Waals surface area contributed by atoms with Crippen LogP contribution in [0.3, 0.4) is 0 Å². The van der Waals surface area contributed by atoms with Crippen LogP contribution in [0.25, 0.3) is 0 Å². The number of rotatable bonds is 3. The zero-order valence-electron chi connectivity index (χ0n) is 10.3. The minimum Gasteiger partial charge on any atom is -0.462 e. The van der Waals surface area contributed by atoms with Gasteiger partial charge in [0.1, 0.15) is 0 Å². The van der Waals surface area contributed by atoms with E-state index in [4.69, 9.17) is 9.57 Å². The van der Waals surface area contributed by atoms with Gasteiger partial charge in [0.05, 0.1) is 24.3 Å². The van der Waals surface area contributed by atoms with Gasteiger partial charge in [0.25, 0.3) is 0 Å². The van der Waals surface area contributed by atoms with Gasteiger partial charge in [-0.3, -0.25) is 0 Å². The number of esters is 1. The van der Waals surface area contributed by atoms with Crippen molar-refractivity contribution >= 4 is 11.7 Å². The van der Waals surface area contributed by atoms with Crippen LogP contribution < -0.4 is 0 Å². The Kier molecular flexibility index (Phi) is 3.34. The normalized spacial score (nSPS) is 22.3. The molecule has 0 fully saturated rings. The molecule has 5 heteroatoms. The van der Waals surface area contributed by atoms with Crippen LogP contribution in [-0.4, -0.2) is 29.2 Å². The lowest BCUT2D eigenvalue weighted by molar-refractivity contribution is -0.170. The van der Waals surface area contributed by atoms with Gasteiger partial charge in [-0.1, -0.05) is 17.3 Å². The third-order valence-electron chi connectivity index (χ3n) is 2.58. The van der Waals surface area contributed by atoms with Crippen molar-refractivity contribution in [2.75, 3.05) is 6.61 Å². The third-order valence-corrected chi connectivity index (χ3v) is 2.58. The molecule has 1 unspecified atom stereocenters. The Morgan fingerprint density at radius 3 is 2.67 bits per heavy atom. The average Bonchev–Trinajstić information content (AvgIpc) is 2.70. The first kappa shape index (κ1) is 12.6. The van der Waals surface area contributed by atoms with Gasteiger partial charge in [0.2, 0.25) is 5.79 Å². The highest BCUT2D eigenvalue weighted by Gasteiger charge is 2.31. The van der Waals surface area contributed by atoms with Crippen LogP contribution in [0.15, 0.2) is 29.4 Å². The Balaban J connectivity index is 2.11. The number of oxime groups is 1. The van der Waals surface area contributed by atoms with Crippen molar-refractivity contribution in [3.8, 4) is 0 Å². The molecule has 1 aliphatic rings. The summed E-state index contributed by atoms with van der Waals surface area (Å²) in [5.74, 6) is -1.59. The fourth-order valence-electron chi connectivity index (χ4n) is 1.70. The summed E-state index contributed by atoms with van der Waals surface area (Å²) in [6, 6.07) is 6.86. The predicted octanol–water partition coefficient (Wildman–Crippen LogP) is 1.70. The van der Waals surface area contributed by atoms with Crippen LogP contribution in [0.2, 0.25) is 0 Å². The zero-order valence-corrected chi connectivity index (χ0v) is 10.3. The van der Waals surface area contributed by atoms with Crippen LogP contribution in [-0.2, 0) is 9.57 Å². The van der Waals surface area contributed by atoms with Crippen molar-refractivity contribution < 1.29 is 19.5 Å². The lowest BCUT2D eigenvalue weighted by Gasteiger charge is -2.11.